The number of nitrogens with zero attached hydrogens (tertiary/aromatic N) is 1. The molecule has 1 N–H and O–H groups in total. The van der Waals surface area contributed by atoms with Crippen molar-refractivity contribution in [1.82, 2.24) is 10.3 Å². The molecule has 1 amide bonds. The Labute approximate surface area is 239 Å². The maximum Gasteiger partial charge on any atom is 0.333 e. The minimum Gasteiger partial charge on any atom is -0.494 e. The summed E-state index contributed by atoms with van der Waals surface area (Å²) in [5.74, 6) is -0.361. The van der Waals surface area contributed by atoms with Gasteiger partial charge in [0.25, 0.3) is 5.91 Å². The number of hydrogen-bond donors (Lipinski definition) is 1. The molecule has 0 radical (unpaired) electrons. The predicted octanol–water partition coefficient (Wildman–Crippen LogP) is 4.95. The largest absolute Gasteiger partial charge is 0.494 e. The Balaban J connectivity index is 1.88. The molecule has 0 fully saturated rings. The molecule has 0 spiro atoms. The lowest BCUT2D eigenvalue weighted by molar-refractivity contribution is -0.141. The zero-order chi connectivity index (χ0) is 29.9. The van der Waals surface area contributed by atoms with Crippen molar-refractivity contribution in [3.8, 4) is 23.0 Å². The van der Waals surface area contributed by atoms with E-state index >= 15 is 0 Å². The van der Waals surface area contributed by atoms with Crippen LogP contribution < -0.4 is 24.3 Å². The lowest BCUT2D eigenvalue weighted by Gasteiger charge is -2.18. The third-order valence-corrected chi connectivity index (χ3v) is 5.76. The molecule has 0 aliphatic carbocycles. The Bertz CT molecular complexity index is 1350. The fourth-order valence-electron chi connectivity index (χ4n) is 3.95. The first-order valence-corrected chi connectivity index (χ1v) is 13.1. The van der Waals surface area contributed by atoms with Gasteiger partial charge in [0.15, 0.2) is 11.4 Å². The minimum absolute atomic E-state index is 0.143. The van der Waals surface area contributed by atoms with E-state index in [1.807, 2.05) is 62.4 Å². The summed E-state index contributed by atoms with van der Waals surface area (Å²) in [4.78, 5) is 41.7. The number of esters is 2. The SMILES string of the molecule is CCOc1ccc(C(=C(C)OC(=O)[C@H](C)NC(=O)c2nccc(OC)c2OC(C)=O)c2ccc(OCC)cc2)cc1. The van der Waals surface area contributed by atoms with Crippen LogP contribution in [0.5, 0.6) is 23.0 Å². The molecular weight excluding hydrogens is 528 g/mol. The number of carbonyl (C=O) groups excluding carboxylic acids is 3. The van der Waals surface area contributed by atoms with E-state index in [4.69, 9.17) is 23.7 Å². The standard InChI is InChI=1S/C31H34N2O8/c1-7-38-24-13-9-22(10-14-24)27(23-11-15-25(16-12-23)39-8-2)20(4)40-31(36)19(3)33-30(35)28-29(41-21(5)34)26(37-6)17-18-32-28/h9-19H,7-8H2,1-6H3,(H,33,35)/t19-/m0/s1. The third-order valence-electron chi connectivity index (χ3n) is 5.76. The van der Waals surface area contributed by atoms with Crippen molar-refractivity contribution in [3.05, 3.63) is 83.4 Å². The van der Waals surface area contributed by atoms with Crippen LogP contribution in [-0.4, -0.2) is 49.2 Å². The molecule has 0 aliphatic heterocycles. The zero-order valence-corrected chi connectivity index (χ0v) is 24.0. The van der Waals surface area contributed by atoms with E-state index in [-0.39, 0.29) is 17.2 Å². The second-order valence-electron chi connectivity index (χ2n) is 8.75. The second-order valence-corrected chi connectivity index (χ2v) is 8.75. The fraction of sp³-hybridized carbons (Fsp3) is 0.290. The summed E-state index contributed by atoms with van der Waals surface area (Å²) in [7, 11) is 1.37. The molecule has 0 bridgehead atoms. The van der Waals surface area contributed by atoms with Crippen LogP contribution in [0.3, 0.4) is 0 Å². The molecule has 1 atom stereocenters. The molecular formula is C31H34N2O8. The molecule has 1 heterocycles. The fourth-order valence-corrected chi connectivity index (χ4v) is 3.95. The molecule has 10 heteroatoms. The Morgan fingerprint density at radius 1 is 0.854 bits per heavy atom. The van der Waals surface area contributed by atoms with Crippen LogP contribution in [0.25, 0.3) is 5.57 Å². The van der Waals surface area contributed by atoms with Crippen LogP contribution in [0.15, 0.2) is 66.6 Å². The third kappa shape index (κ3) is 8.07. The number of allylic oxidation sites excluding steroid dienone is 1. The van der Waals surface area contributed by atoms with Gasteiger partial charge in [0.1, 0.15) is 23.3 Å². The highest BCUT2D eigenvalue weighted by Gasteiger charge is 2.25. The van der Waals surface area contributed by atoms with Crippen molar-refractivity contribution in [1.29, 1.82) is 0 Å². The normalized spacial score (nSPS) is 11.1. The maximum atomic E-state index is 13.1. The molecule has 216 valence electrons. The molecule has 2 aromatic carbocycles. The quantitative estimate of drug-likeness (QED) is 0.241. The average Bonchev–Trinajstić information content (AvgIpc) is 2.95. The number of pyridine rings is 1. The van der Waals surface area contributed by atoms with Crippen LogP contribution in [0, 0.1) is 0 Å². The van der Waals surface area contributed by atoms with E-state index < -0.39 is 23.9 Å². The van der Waals surface area contributed by atoms with Gasteiger partial charge in [-0.2, -0.15) is 0 Å². The van der Waals surface area contributed by atoms with Gasteiger partial charge in [0.05, 0.1) is 20.3 Å². The van der Waals surface area contributed by atoms with Gasteiger partial charge in [-0.15, -0.1) is 0 Å². The lowest BCUT2D eigenvalue weighted by atomic mass is 9.96. The Hall–Kier alpha value is -4.86. The number of methoxy groups -OCH3 is 1. The van der Waals surface area contributed by atoms with E-state index in [0.29, 0.717) is 36.0 Å². The van der Waals surface area contributed by atoms with Crippen LogP contribution in [0.1, 0.15) is 56.2 Å². The zero-order valence-electron chi connectivity index (χ0n) is 24.0. The molecule has 1 aromatic heterocycles. The minimum atomic E-state index is -1.07. The van der Waals surface area contributed by atoms with Crippen molar-refractivity contribution < 1.29 is 38.1 Å². The molecule has 0 saturated carbocycles. The number of carbonyl (C=O) groups is 3. The average molecular weight is 563 g/mol. The van der Waals surface area contributed by atoms with Crippen molar-refractivity contribution in [2.75, 3.05) is 20.3 Å². The van der Waals surface area contributed by atoms with E-state index in [1.54, 1.807) is 6.92 Å². The molecule has 41 heavy (non-hydrogen) atoms. The summed E-state index contributed by atoms with van der Waals surface area (Å²) in [6, 6.07) is 15.3. The van der Waals surface area contributed by atoms with E-state index in [2.05, 4.69) is 10.3 Å². The molecule has 3 rings (SSSR count). The first-order valence-electron chi connectivity index (χ1n) is 13.1. The Kier molecular flexibility index (Phi) is 10.9. The first-order chi connectivity index (χ1) is 19.7. The van der Waals surface area contributed by atoms with Gasteiger partial charge in [-0.3, -0.25) is 9.59 Å². The van der Waals surface area contributed by atoms with E-state index in [0.717, 1.165) is 11.1 Å². The van der Waals surface area contributed by atoms with Crippen LogP contribution in [0.4, 0.5) is 0 Å². The lowest BCUT2D eigenvalue weighted by Crippen LogP contribution is -2.40. The van der Waals surface area contributed by atoms with Crippen molar-refractivity contribution in [3.63, 3.8) is 0 Å². The number of ether oxygens (including phenoxy) is 5. The van der Waals surface area contributed by atoms with Gasteiger partial charge < -0.3 is 29.0 Å². The number of amides is 1. The van der Waals surface area contributed by atoms with Crippen LogP contribution in [0.2, 0.25) is 0 Å². The number of nitrogens with one attached hydrogen (secondary N) is 1. The number of rotatable bonds is 12. The van der Waals surface area contributed by atoms with E-state index in [9.17, 15) is 14.4 Å². The van der Waals surface area contributed by atoms with Crippen molar-refractivity contribution >= 4 is 23.4 Å². The summed E-state index contributed by atoms with van der Waals surface area (Å²) in [6.45, 7) is 9.23. The van der Waals surface area contributed by atoms with Gasteiger partial charge in [-0.05, 0) is 63.1 Å². The summed E-state index contributed by atoms with van der Waals surface area (Å²) in [5.41, 5.74) is 2.06. The Morgan fingerprint density at radius 2 is 1.39 bits per heavy atom. The van der Waals surface area contributed by atoms with Crippen LogP contribution in [-0.2, 0) is 14.3 Å². The van der Waals surface area contributed by atoms with Crippen molar-refractivity contribution in [2.24, 2.45) is 0 Å². The van der Waals surface area contributed by atoms with E-state index in [1.165, 1.54) is 33.2 Å². The molecule has 3 aromatic rings. The number of aromatic nitrogens is 1. The molecule has 10 nitrogen and oxygen atoms in total. The number of benzene rings is 2. The summed E-state index contributed by atoms with van der Waals surface area (Å²) >= 11 is 0. The van der Waals surface area contributed by atoms with Gasteiger partial charge >= 0.3 is 11.9 Å². The molecule has 0 aliphatic rings. The highest BCUT2D eigenvalue weighted by molar-refractivity contribution is 5.98. The van der Waals surface area contributed by atoms with Gasteiger partial charge in [-0.25, -0.2) is 9.78 Å². The van der Waals surface area contributed by atoms with Crippen LogP contribution >= 0.6 is 0 Å². The number of hydrogen-bond acceptors (Lipinski definition) is 9. The monoisotopic (exact) mass is 562 g/mol. The Morgan fingerprint density at radius 3 is 1.85 bits per heavy atom. The summed E-state index contributed by atoms with van der Waals surface area (Å²) in [6.07, 6.45) is 1.33. The highest BCUT2D eigenvalue weighted by atomic mass is 16.6. The topological polar surface area (TPSA) is 122 Å². The maximum absolute atomic E-state index is 13.1. The first kappa shape index (κ1) is 30.7. The van der Waals surface area contributed by atoms with Crippen molar-refractivity contribution in [2.45, 2.75) is 40.7 Å². The molecule has 0 saturated heterocycles. The summed E-state index contributed by atoms with van der Waals surface area (Å²) in [5, 5.41) is 2.55. The smallest absolute Gasteiger partial charge is 0.333 e. The molecule has 0 unspecified atom stereocenters. The van der Waals surface area contributed by atoms with Gasteiger partial charge in [-0.1, -0.05) is 24.3 Å². The van der Waals surface area contributed by atoms with Gasteiger partial charge in [0.2, 0.25) is 5.75 Å². The second kappa shape index (κ2) is 14.5. The summed E-state index contributed by atoms with van der Waals surface area (Å²) < 4.78 is 27.2. The van der Waals surface area contributed by atoms with Gasteiger partial charge in [0, 0.05) is 24.8 Å². The predicted molar refractivity (Wildman–Crippen MR) is 152 cm³/mol. The highest BCUT2D eigenvalue weighted by Crippen LogP contribution is 2.31.